The predicted molar refractivity (Wildman–Crippen MR) is 97.3 cm³/mol. The zero-order valence-electron chi connectivity index (χ0n) is 14.5. The Labute approximate surface area is 149 Å². The van der Waals surface area contributed by atoms with Crippen LogP contribution in [0, 0.1) is 0 Å². The summed E-state index contributed by atoms with van der Waals surface area (Å²) in [5.41, 5.74) is 0.0398. The summed E-state index contributed by atoms with van der Waals surface area (Å²) < 4.78 is 5.42. The number of ether oxygens (including phenoxy) is 1. The molecule has 0 aliphatic carbocycles. The van der Waals surface area contributed by atoms with Crippen LogP contribution in [0.3, 0.4) is 0 Å². The van der Waals surface area contributed by atoms with Crippen molar-refractivity contribution in [1.82, 2.24) is 0 Å². The average Bonchev–Trinajstić information content (AvgIpc) is 2.54. The molecular weight excluding hydrogens is 328 g/mol. The molecule has 1 aromatic carbocycles. The maximum atomic E-state index is 11.0. The third-order valence-corrected chi connectivity index (χ3v) is 4.24. The number of carbonyl (C=O) groups excluding carboxylic acids is 1. The van der Waals surface area contributed by atoms with E-state index in [2.05, 4.69) is 6.92 Å². The summed E-state index contributed by atoms with van der Waals surface area (Å²) in [5, 5.41) is 18.8. The van der Waals surface area contributed by atoms with Gasteiger partial charge in [-0.25, -0.2) is 0 Å². The molecule has 2 N–H and O–H groups in total. The second-order valence-corrected chi connectivity index (χ2v) is 6.49. The highest BCUT2D eigenvalue weighted by Crippen LogP contribution is 2.37. The van der Waals surface area contributed by atoms with Crippen LogP contribution in [0.15, 0.2) is 12.1 Å². The highest BCUT2D eigenvalue weighted by molar-refractivity contribution is 6.67. The maximum Gasteiger partial charge on any atom is 0.252 e. The van der Waals surface area contributed by atoms with Crippen molar-refractivity contribution in [2.24, 2.45) is 0 Å². The molecular formula is C19H29ClO4. The van der Waals surface area contributed by atoms with Gasteiger partial charge in [0.2, 0.25) is 5.75 Å². The first-order chi connectivity index (χ1) is 11.6. The van der Waals surface area contributed by atoms with Crippen LogP contribution in [-0.4, -0.2) is 22.1 Å². The van der Waals surface area contributed by atoms with Crippen molar-refractivity contribution in [2.75, 3.05) is 6.61 Å². The molecule has 0 amide bonds. The first-order valence-electron chi connectivity index (χ1n) is 8.94. The quantitative estimate of drug-likeness (QED) is 0.347. The first kappa shape index (κ1) is 20.6. The van der Waals surface area contributed by atoms with E-state index in [9.17, 15) is 15.0 Å². The van der Waals surface area contributed by atoms with E-state index in [0.29, 0.717) is 6.61 Å². The molecule has 0 saturated heterocycles. The summed E-state index contributed by atoms with van der Waals surface area (Å²) in [6.07, 6.45) is 12.3. The lowest BCUT2D eigenvalue weighted by molar-refractivity contribution is 0.108. The SMILES string of the molecule is CCCCCCCCCCCCOc1c(O)cc(C(=O)Cl)cc1O. The number of carbonyl (C=O) groups is 1. The number of benzene rings is 1. The standard InChI is InChI=1S/C19H29ClO4/c1-2-3-4-5-6-7-8-9-10-11-12-24-18-16(21)13-15(19(20)23)14-17(18)22/h13-14,21-22H,2-12H2,1H3. The van der Waals surface area contributed by atoms with Crippen molar-refractivity contribution >= 4 is 16.8 Å². The second kappa shape index (κ2) is 12.0. The molecule has 0 aliphatic heterocycles. The Morgan fingerprint density at radius 2 is 1.38 bits per heavy atom. The van der Waals surface area contributed by atoms with Crippen LogP contribution in [0.1, 0.15) is 81.5 Å². The fourth-order valence-electron chi connectivity index (χ4n) is 2.62. The minimum Gasteiger partial charge on any atom is -0.504 e. The van der Waals surface area contributed by atoms with Gasteiger partial charge in [0.25, 0.3) is 5.24 Å². The number of phenolic OH excluding ortho intramolecular Hbond substituents is 2. The molecule has 0 aliphatic rings. The van der Waals surface area contributed by atoms with E-state index in [-0.39, 0.29) is 22.8 Å². The lowest BCUT2D eigenvalue weighted by Crippen LogP contribution is -1.99. The monoisotopic (exact) mass is 356 g/mol. The minimum atomic E-state index is -0.734. The van der Waals surface area contributed by atoms with Crippen LogP contribution in [-0.2, 0) is 0 Å². The lowest BCUT2D eigenvalue weighted by atomic mass is 10.1. The Morgan fingerprint density at radius 3 is 1.83 bits per heavy atom. The number of unbranched alkanes of at least 4 members (excludes halogenated alkanes) is 9. The van der Waals surface area contributed by atoms with E-state index in [4.69, 9.17) is 16.3 Å². The molecule has 1 rings (SSSR count). The van der Waals surface area contributed by atoms with Gasteiger partial charge in [-0.1, -0.05) is 64.7 Å². The molecule has 0 bridgehead atoms. The van der Waals surface area contributed by atoms with Gasteiger partial charge in [-0.05, 0) is 30.2 Å². The van der Waals surface area contributed by atoms with Crippen LogP contribution in [0.2, 0.25) is 0 Å². The second-order valence-electron chi connectivity index (χ2n) is 6.15. The van der Waals surface area contributed by atoms with Gasteiger partial charge >= 0.3 is 0 Å². The first-order valence-corrected chi connectivity index (χ1v) is 9.32. The minimum absolute atomic E-state index is 0.00703. The van der Waals surface area contributed by atoms with Gasteiger partial charge < -0.3 is 14.9 Å². The number of hydrogen-bond donors (Lipinski definition) is 2. The zero-order valence-corrected chi connectivity index (χ0v) is 15.3. The average molecular weight is 357 g/mol. The maximum absolute atomic E-state index is 11.0. The Morgan fingerprint density at radius 1 is 0.917 bits per heavy atom. The van der Waals surface area contributed by atoms with Gasteiger partial charge in [0, 0.05) is 5.56 Å². The van der Waals surface area contributed by atoms with Crippen molar-refractivity contribution in [2.45, 2.75) is 71.1 Å². The van der Waals surface area contributed by atoms with E-state index in [1.54, 1.807) is 0 Å². The van der Waals surface area contributed by atoms with Crippen molar-refractivity contribution < 1.29 is 19.7 Å². The largest absolute Gasteiger partial charge is 0.504 e. The summed E-state index contributed by atoms with van der Waals surface area (Å²) in [7, 11) is 0. The van der Waals surface area contributed by atoms with Crippen molar-refractivity contribution in [3.05, 3.63) is 17.7 Å². The summed E-state index contributed by atoms with van der Waals surface area (Å²) >= 11 is 5.32. The molecule has 0 atom stereocenters. The van der Waals surface area contributed by atoms with Crippen molar-refractivity contribution in [1.29, 1.82) is 0 Å². The van der Waals surface area contributed by atoms with Crippen LogP contribution in [0.5, 0.6) is 17.2 Å². The van der Waals surface area contributed by atoms with E-state index in [0.717, 1.165) is 12.8 Å². The molecule has 5 heteroatoms. The van der Waals surface area contributed by atoms with E-state index in [1.807, 2.05) is 0 Å². The number of rotatable bonds is 13. The van der Waals surface area contributed by atoms with Gasteiger partial charge in [-0.3, -0.25) is 4.79 Å². The Balaban J connectivity index is 2.14. The third-order valence-electron chi connectivity index (χ3n) is 4.02. The molecule has 24 heavy (non-hydrogen) atoms. The van der Waals surface area contributed by atoms with Gasteiger partial charge in [0.05, 0.1) is 6.61 Å². The van der Waals surface area contributed by atoms with Crippen LogP contribution in [0.25, 0.3) is 0 Å². The highest BCUT2D eigenvalue weighted by Gasteiger charge is 2.14. The zero-order chi connectivity index (χ0) is 17.8. The molecule has 0 aromatic heterocycles. The fraction of sp³-hybridized carbons (Fsp3) is 0.632. The molecule has 1 aromatic rings. The highest BCUT2D eigenvalue weighted by atomic mass is 35.5. The van der Waals surface area contributed by atoms with E-state index in [1.165, 1.54) is 63.5 Å². The number of halogens is 1. The Bertz CT molecular complexity index is 479. The summed E-state index contributed by atoms with van der Waals surface area (Å²) in [4.78, 5) is 11.0. The molecule has 136 valence electrons. The van der Waals surface area contributed by atoms with Crippen LogP contribution in [0.4, 0.5) is 0 Å². The van der Waals surface area contributed by atoms with Gasteiger partial charge in [-0.15, -0.1) is 0 Å². The topological polar surface area (TPSA) is 66.8 Å². The number of phenols is 2. The van der Waals surface area contributed by atoms with E-state index < -0.39 is 5.24 Å². The molecule has 0 heterocycles. The fourth-order valence-corrected chi connectivity index (χ4v) is 2.73. The summed E-state index contributed by atoms with van der Waals surface area (Å²) in [6, 6.07) is 2.39. The van der Waals surface area contributed by atoms with Gasteiger partial charge in [-0.2, -0.15) is 0 Å². The number of hydrogen-bond acceptors (Lipinski definition) is 4. The summed E-state index contributed by atoms with van der Waals surface area (Å²) in [5.74, 6) is -0.537. The summed E-state index contributed by atoms with van der Waals surface area (Å²) in [6.45, 7) is 2.65. The predicted octanol–water partition coefficient (Wildman–Crippen LogP) is 5.78. The molecule has 0 saturated carbocycles. The Kier molecular flexibility index (Phi) is 10.3. The van der Waals surface area contributed by atoms with Gasteiger partial charge in [0.15, 0.2) is 11.5 Å². The van der Waals surface area contributed by atoms with Crippen molar-refractivity contribution in [3.63, 3.8) is 0 Å². The smallest absolute Gasteiger partial charge is 0.252 e. The van der Waals surface area contributed by atoms with Crippen LogP contribution < -0.4 is 4.74 Å². The number of aromatic hydroxyl groups is 2. The Hall–Kier alpha value is -1.42. The van der Waals surface area contributed by atoms with Gasteiger partial charge in [0.1, 0.15) is 0 Å². The van der Waals surface area contributed by atoms with Crippen molar-refractivity contribution in [3.8, 4) is 17.2 Å². The molecule has 0 radical (unpaired) electrons. The molecule has 4 nitrogen and oxygen atoms in total. The molecule has 0 fully saturated rings. The third kappa shape index (κ3) is 7.91. The van der Waals surface area contributed by atoms with E-state index >= 15 is 0 Å². The molecule has 0 unspecified atom stereocenters. The molecule has 0 spiro atoms. The van der Waals surface area contributed by atoms with Crippen LogP contribution >= 0.6 is 11.6 Å². The normalized spacial score (nSPS) is 10.8. The lowest BCUT2D eigenvalue weighted by Gasteiger charge is -2.10.